The fourth-order valence-corrected chi connectivity index (χ4v) is 3.38. The van der Waals surface area contributed by atoms with Crippen molar-refractivity contribution in [3.8, 4) is 0 Å². The topological polar surface area (TPSA) is 71.2 Å². The molecule has 1 saturated carbocycles. The molecule has 2 heterocycles. The molecule has 5 nitrogen and oxygen atoms in total. The van der Waals surface area contributed by atoms with Gasteiger partial charge in [-0.2, -0.15) is 0 Å². The maximum Gasteiger partial charge on any atom is 0.271 e. The summed E-state index contributed by atoms with van der Waals surface area (Å²) in [7, 11) is 0. The third kappa shape index (κ3) is 4.79. The highest BCUT2D eigenvalue weighted by Crippen LogP contribution is 2.29. The summed E-state index contributed by atoms with van der Waals surface area (Å²) in [6, 6.07) is 1.07. The monoisotopic (exact) mass is 352 g/mol. The molecule has 1 aliphatic heterocycles. The normalized spacial score (nSPS) is 21.5. The van der Waals surface area contributed by atoms with Crippen LogP contribution in [0.2, 0.25) is 0 Å². The van der Waals surface area contributed by atoms with Gasteiger partial charge in [0, 0.05) is 37.0 Å². The number of amides is 1. The predicted molar refractivity (Wildman–Crippen MR) is 89.8 cm³/mol. The van der Waals surface area contributed by atoms with Gasteiger partial charge >= 0.3 is 0 Å². The Morgan fingerprint density at radius 2 is 2.19 bits per heavy atom. The summed E-state index contributed by atoms with van der Waals surface area (Å²) in [5, 5.41) is 5.87. The van der Waals surface area contributed by atoms with Crippen LogP contribution < -0.4 is 11.1 Å². The van der Waals surface area contributed by atoms with Gasteiger partial charge < -0.3 is 11.1 Å². The summed E-state index contributed by atoms with van der Waals surface area (Å²) in [5.74, 6) is -0.0397. The van der Waals surface area contributed by atoms with E-state index in [2.05, 4.69) is 15.2 Å². The first-order valence-corrected chi connectivity index (χ1v) is 7.83. The zero-order valence-electron chi connectivity index (χ0n) is 11.8. The average Bonchev–Trinajstić information content (AvgIpc) is 2.96. The second kappa shape index (κ2) is 8.29. The molecule has 1 atom stereocenters. The van der Waals surface area contributed by atoms with E-state index in [-0.39, 0.29) is 36.8 Å². The molecule has 2 aliphatic rings. The number of thiazole rings is 1. The largest absolute Gasteiger partial charge is 0.347 e. The van der Waals surface area contributed by atoms with Crippen LogP contribution in [-0.2, 0) is 6.42 Å². The maximum absolute atomic E-state index is 12.1. The smallest absolute Gasteiger partial charge is 0.271 e. The van der Waals surface area contributed by atoms with Crippen LogP contribution in [0.4, 0.5) is 0 Å². The summed E-state index contributed by atoms with van der Waals surface area (Å²) < 4.78 is 0. The molecule has 1 aromatic rings. The van der Waals surface area contributed by atoms with Crippen molar-refractivity contribution < 1.29 is 4.79 Å². The number of hydrogen-bond donors (Lipinski definition) is 2. The molecule has 1 amide bonds. The van der Waals surface area contributed by atoms with Gasteiger partial charge in [0.25, 0.3) is 5.91 Å². The van der Waals surface area contributed by atoms with Crippen LogP contribution >= 0.6 is 36.2 Å². The molecule has 3 N–H and O–H groups in total. The minimum atomic E-state index is -0.0397. The number of carbonyl (C=O) groups excluding carboxylic acids is 1. The first-order chi connectivity index (χ1) is 9.26. The van der Waals surface area contributed by atoms with Crippen LogP contribution in [0.1, 0.15) is 34.8 Å². The zero-order valence-corrected chi connectivity index (χ0v) is 14.2. The Morgan fingerprint density at radius 3 is 2.86 bits per heavy atom. The van der Waals surface area contributed by atoms with Crippen LogP contribution in [0.3, 0.4) is 0 Å². The minimum Gasteiger partial charge on any atom is -0.347 e. The van der Waals surface area contributed by atoms with E-state index in [1.807, 2.05) is 5.38 Å². The van der Waals surface area contributed by atoms with E-state index in [9.17, 15) is 4.79 Å². The van der Waals surface area contributed by atoms with Gasteiger partial charge in [0.15, 0.2) is 0 Å². The van der Waals surface area contributed by atoms with Crippen LogP contribution in [0.25, 0.3) is 0 Å². The Balaban J connectivity index is 0.00000110. The molecule has 2 fully saturated rings. The number of nitrogens with two attached hydrogens (primary N) is 1. The van der Waals surface area contributed by atoms with Crippen molar-refractivity contribution >= 4 is 42.1 Å². The van der Waals surface area contributed by atoms with E-state index in [0.29, 0.717) is 12.2 Å². The van der Waals surface area contributed by atoms with Gasteiger partial charge in [-0.1, -0.05) is 0 Å². The van der Waals surface area contributed by atoms with Gasteiger partial charge in [-0.25, -0.2) is 4.98 Å². The molecule has 0 spiro atoms. The summed E-state index contributed by atoms with van der Waals surface area (Å²) in [6.07, 6.45) is 4.46. The lowest BCUT2D eigenvalue weighted by Crippen LogP contribution is -2.37. The molecule has 8 heteroatoms. The number of hydrogen-bond acceptors (Lipinski definition) is 5. The third-order valence-corrected chi connectivity index (χ3v) is 4.67. The summed E-state index contributed by atoms with van der Waals surface area (Å²) in [6.45, 7) is 2.69. The molecule has 0 bridgehead atoms. The first-order valence-electron chi connectivity index (χ1n) is 6.95. The van der Waals surface area contributed by atoms with E-state index in [1.54, 1.807) is 0 Å². The second-order valence-electron chi connectivity index (χ2n) is 5.35. The van der Waals surface area contributed by atoms with Gasteiger partial charge in [0.2, 0.25) is 0 Å². The number of nitrogens with one attached hydrogen (secondary N) is 1. The molecular weight excluding hydrogens is 331 g/mol. The van der Waals surface area contributed by atoms with Crippen molar-refractivity contribution in [3.63, 3.8) is 0 Å². The standard InChI is InChI=1S/C13H20N4OS.2ClH/c14-5-3-12-16-11(8-19-12)13(18)15-9-4-6-17(7-9)10-1-2-10;;/h8-10H,1-7,14H2,(H,15,18);2*1H. The first kappa shape index (κ1) is 18.6. The number of likely N-dealkylation sites (tertiary alicyclic amines) is 1. The molecule has 0 aromatic carbocycles. The number of halogens is 2. The van der Waals surface area contributed by atoms with E-state index in [0.717, 1.165) is 37.0 Å². The van der Waals surface area contributed by atoms with Crippen molar-refractivity contribution in [2.75, 3.05) is 19.6 Å². The summed E-state index contributed by atoms with van der Waals surface area (Å²) >= 11 is 1.51. The Morgan fingerprint density at radius 1 is 1.43 bits per heavy atom. The molecule has 3 rings (SSSR count). The number of nitrogens with zero attached hydrogens (tertiary/aromatic N) is 2. The number of rotatable bonds is 5. The lowest BCUT2D eigenvalue weighted by Gasteiger charge is -2.15. The Labute approximate surface area is 141 Å². The highest BCUT2D eigenvalue weighted by molar-refractivity contribution is 7.09. The van der Waals surface area contributed by atoms with Crippen LogP contribution in [0.5, 0.6) is 0 Å². The second-order valence-corrected chi connectivity index (χ2v) is 6.29. The lowest BCUT2D eigenvalue weighted by atomic mass is 10.2. The molecule has 1 saturated heterocycles. The fourth-order valence-electron chi connectivity index (χ4n) is 2.59. The highest BCUT2D eigenvalue weighted by Gasteiger charge is 2.34. The SMILES string of the molecule is Cl.Cl.NCCc1nc(C(=O)NC2CCN(C3CC3)C2)cs1. The molecule has 1 aromatic heterocycles. The molecule has 1 unspecified atom stereocenters. The van der Waals surface area contributed by atoms with Crippen LogP contribution in [0, 0.1) is 0 Å². The quantitative estimate of drug-likeness (QED) is 0.841. The fraction of sp³-hybridized carbons (Fsp3) is 0.692. The molecule has 0 radical (unpaired) electrons. The van der Waals surface area contributed by atoms with Gasteiger partial charge in [-0.15, -0.1) is 36.2 Å². The molecule has 21 heavy (non-hydrogen) atoms. The third-order valence-electron chi connectivity index (χ3n) is 3.76. The van der Waals surface area contributed by atoms with Gasteiger partial charge in [0.05, 0.1) is 5.01 Å². The number of carbonyl (C=O) groups is 1. The predicted octanol–water partition coefficient (Wildman–Crippen LogP) is 1.45. The van der Waals surface area contributed by atoms with Crippen molar-refractivity contribution in [3.05, 3.63) is 16.1 Å². The van der Waals surface area contributed by atoms with Crippen molar-refractivity contribution in [1.82, 2.24) is 15.2 Å². The minimum absolute atomic E-state index is 0. The summed E-state index contributed by atoms with van der Waals surface area (Å²) in [4.78, 5) is 18.9. The van der Waals surface area contributed by atoms with Gasteiger partial charge in [-0.05, 0) is 25.8 Å². The van der Waals surface area contributed by atoms with Crippen molar-refractivity contribution in [2.24, 2.45) is 5.73 Å². The van der Waals surface area contributed by atoms with E-state index in [1.165, 1.54) is 24.2 Å². The number of aromatic nitrogens is 1. The molecule has 1 aliphatic carbocycles. The Hall–Kier alpha value is -0.400. The summed E-state index contributed by atoms with van der Waals surface area (Å²) in [5.41, 5.74) is 6.03. The Bertz CT molecular complexity index is 467. The molecular formula is C13H22Cl2N4OS. The van der Waals surface area contributed by atoms with Crippen LogP contribution in [-0.4, -0.2) is 47.5 Å². The average molecular weight is 353 g/mol. The molecule has 120 valence electrons. The van der Waals surface area contributed by atoms with E-state index in [4.69, 9.17) is 5.73 Å². The van der Waals surface area contributed by atoms with Crippen molar-refractivity contribution in [1.29, 1.82) is 0 Å². The van der Waals surface area contributed by atoms with E-state index >= 15 is 0 Å². The van der Waals surface area contributed by atoms with Gasteiger partial charge in [0.1, 0.15) is 5.69 Å². The zero-order chi connectivity index (χ0) is 13.2. The van der Waals surface area contributed by atoms with Crippen molar-refractivity contribution in [2.45, 2.75) is 37.8 Å². The van der Waals surface area contributed by atoms with Crippen LogP contribution in [0.15, 0.2) is 5.38 Å². The lowest BCUT2D eigenvalue weighted by molar-refractivity contribution is 0.0933. The van der Waals surface area contributed by atoms with E-state index < -0.39 is 0 Å². The Kier molecular flexibility index (Phi) is 7.36. The highest BCUT2D eigenvalue weighted by atomic mass is 35.5. The maximum atomic E-state index is 12.1. The van der Waals surface area contributed by atoms with Gasteiger partial charge in [-0.3, -0.25) is 9.69 Å².